The van der Waals surface area contributed by atoms with E-state index in [2.05, 4.69) is 11.5 Å². The molecule has 7 nitrogen and oxygen atoms in total. The third-order valence-electron chi connectivity index (χ3n) is 5.71. The van der Waals surface area contributed by atoms with Crippen molar-refractivity contribution in [2.24, 2.45) is 4.99 Å². The van der Waals surface area contributed by atoms with E-state index in [0.29, 0.717) is 18.4 Å². The number of amides is 3. The van der Waals surface area contributed by atoms with Crippen molar-refractivity contribution in [1.82, 2.24) is 14.4 Å². The maximum Gasteiger partial charge on any atom is 0.402 e. The quantitative estimate of drug-likeness (QED) is 0.617. The van der Waals surface area contributed by atoms with Crippen molar-refractivity contribution in [3.05, 3.63) is 24.0 Å². The highest BCUT2D eigenvalue weighted by molar-refractivity contribution is 6.19. The molecule has 0 aromatic carbocycles. The van der Waals surface area contributed by atoms with Crippen LogP contribution in [-0.2, 0) is 4.79 Å². The molecule has 1 atom stereocenters. The lowest BCUT2D eigenvalue weighted by atomic mass is 9.95. The van der Waals surface area contributed by atoms with E-state index >= 15 is 0 Å². The normalized spacial score (nSPS) is 23.7. The second-order valence-electron chi connectivity index (χ2n) is 7.37. The molecule has 0 N–H and O–H groups in total. The summed E-state index contributed by atoms with van der Waals surface area (Å²) in [7, 11) is 1.70. The van der Waals surface area contributed by atoms with Gasteiger partial charge in [0.2, 0.25) is 11.9 Å². The number of nitrogens with zero attached hydrogens (tertiary/aromatic N) is 5. The van der Waals surface area contributed by atoms with Crippen LogP contribution in [0.2, 0.25) is 0 Å². The zero-order valence-electron chi connectivity index (χ0n) is 15.7. The summed E-state index contributed by atoms with van der Waals surface area (Å²) in [6.45, 7) is 4.25. The highest BCUT2D eigenvalue weighted by atomic mass is 16.2. The van der Waals surface area contributed by atoms with Gasteiger partial charge in [-0.25, -0.2) is 13.9 Å². The molecule has 1 saturated carbocycles. The lowest BCUT2D eigenvalue weighted by molar-refractivity contribution is -0.677. The summed E-state index contributed by atoms with van der Waals surface area (Å²) in [5, 5.41) is 0. The third-order valence-corrected chi connectivity index (χ3v) is 5.71. The number of carbonyl (C=O) groups is 2. The van der Waals surface area contributed by atoms with E-state index < -0.39 is 6.04 Å². The number of carbonyl (C=O) groups excluding carboxylic acids is 2. The number of urea groups is 1. The third kappa shape index (κ3) is 2.40. The maximum absolute atomic E-state index is 13.1. The van der Waals surface area contributed by atoms with Crippen LogP contribution in [0.1, 0.15) is 56.8 Å². The summed E-state index contributed by atoms with van der Waals surface area (Å²) < 4.78 is 4.22. The Morgan fingerprint density at radius 2 is 2.00 bits per heavy atom. The average molecular weight is 356 g/mol. The van der Waals surface area contributed by atoms with Crippen molar-refractivity contribution >= 4 is 23.7 Å². The maximum atomic E-state index is 13.1. The number of hydrogen-bond acceptors (Lipinski definition) is 3. The second-order valence-corrected chi connectivity index (χ2v) is 7.37. The molecule has 4 rings (SSSR count). The first-order valence-corrected chi connectivity index (χ1v) is 9.46. The predicted molar refractivity (Wildman–Crippen MR) is 97.3 cm³/mol. The molecule has 1 saturated heterocycles. The molecule has 138 valence electrons. The highest BCUT2D eigenvalue weighted by Crippen LogP contribution is 2.36. The lowest BCUT2D eigenvalue weighted by Gasteiger charge is -2.32. The van der Waals surface area contributed by atoms with Crippen LogP contribution in [0.5, 0.6) is 0 Å². The molecule has 26 heavy (non-hydrogen) atoms. The Bertz CT molecular complexity index is 816. The Hall–Kier alpha value is -2.44. The number of hydrogen-bond donors (Lipinski definition) is 0. The van der Waals surface area contributed by atoms with Gasteiger partial charge in [-0.1, -0.05) is 23.6 Å². The van der Waals surface area contributed by atoms with Gasteiger partial charge in [-0.3, -0.25) is 14.6 Å². The minimum atomic E-state index is -0.540. The fourth-order valence-corrected chi connectivity index (χ4v) is 4.37. The summed E-state index contributed by atoms with van der Waals surface area (Å²) in [6, 6.07) is -0.420. The van der Waals surface area contributed by atoms with Crippen molar-refractivity contribution in [1.29, 1.82) is 0 Å². The Balaban J connectivity index is 1.75. The number of imide groups is 1. The number of rotatable bonds is 3. The van der Waals surface area contributed by atoms with Crippen molar-refractivity contribution in [2.75, 3.05) is 13.6 Å². The summed E-state index contributed by atoms with van der Waals surface area (Å²) in [4.78, 5) is 33.2. The summed E-state index contributed by atoms with van der Waals surface area (Å²) in [5.41, 5.74) is 1.13. The van der Waals surface area contributed by atoms with Gasteiger partial charge in [-0.05, 0) is 39.5 Å². The first-order valence-electron chi connectivity index (χ1n) is 9.46. The fraction of sp³-hybridized carbons (Fsp3) is 0.579. The molecule has 3 heterocycles. The minimum absolute atomic E-state index is 0.200. The van der Waals surface area contributed by atoms with Crippen molar-refractivity contribution in [2.45, 2.75) is 58.0 Å². The molecule has 2 fully saturated rings. The number of aliphatic imine (C=N–C) groups is 1. The molecule has 0 bridgehead atoms. The number of aryl methyl sites for hydroxylation is 1. The number of amidine groups is 1. The van der Waals surface area contributed by atoms with Gasteiger partial charge in [-0.2, -0.15) is 0 Å². The number of fused-ring (bicyclic) bond motifs is 3. The van der Waals surface area contributed by atoms with Gasteiger partial charge >= 0.3 is 12.0 Å². The standard InChI is InChI=1S/C19H26N5O2/c1-4-5-11-22-17(25)15-16(21(3)19(22)26)20-18-23(15)12-13(2)24(18)14-9-7-6-8-10-14/h4-5,12,14-15H,6-11H2,1-3H3/q+1/b5-4+. The number of imidazole rings is 1. The van der Waals surface area contributed by atoms with Crippen LogP contribution in [0.25, 0.3) is 0 Å². The summed E-state index contributed by atoms with van der Waals surface area (Å²) in [6.07, 6.45) is 11.7. The molecule has 1 aromatic heterocycles. The van der Waals surface area contributed by atoms with Crippen molar-refractivity contribution in [3.8, 4) is 0 Å². The predicted octanol–water partition coefficient (Wildman–Crippen LogP) is 2.64. The van der Waals surface area contributed by atoms with E-state index in [-0.39, 0.29) is 11.9 Å². The monoisotopic (exact) mass is 356 g/mol. The molecular formula is C19H26N5O2+. The number of allylic oxidation sites excluding steroid dienone is 1. The second kappa shape index (κ2) is 6.37. The van der Waals surface area contributed by atoms with Crippen LogP contribution < -0.4 is 4.57 Å². The van der Waals surface area contributed by atoms with Gasteiger partial charge in [0.15, 0.2) is 0 Å². The Labute approximate surface area is 153 Å². The molecule has 1 aliphatic carbocycles. The molecule has 3 aliphatic rings. The van der Waals surface area contributed by atoms with Crippen LogP contribution >= 0.6 is 0 Å². The van der Waals surface area contributed by atoms with Gasteiger partial charge in [0.1, 0.15) is 11.9 Å². The molecule has 7 heteroatoms. The summed E-state index contributed by atoms with van der Waals surface area (Å²) >= 11 is 0. The van der Waals surface area contributed by atoms with E-state index in [4.69, 9.17) is 4.99 Å². The topological polar surface area (TPSA) is 61.8 Å². The van der Waals surface area contributed by atoms with Crippen molar-refractivity contribution < 1.29 is 14.2 Å². The van der Waals surface area contributed by atoms with Gasteiger partial charge in [-0.15, -0.1) is 0 Å². The number of aromatic nitrogens is 2. The van der Waals surface area contributed by atoms with Crippen LogP contribution in [0.4, 0.5) is 10.7 Å². The zero-order chi connectivity index (χ0) is 18.4. The fourth-order valence-electron chi connectivity index (χ4n) is 4.37. The first kappa shape index (κ1) is 17.0. The Kier molecular flexibility index (Phi) is 4.17. The van der Waals surface area contributed by atoms with Gasteiger partial charge in [0, 0.05) is 13.6 Å². The first-order chi connectivity index (χ1) is 12.5. The van der Waals surface area contributed by atoms with Crippen LogP contribution in [0.15, 0.2) is 23.3 Å². The SMILES string of the molecule is C/C=C/CN1C(=O)C2C(=Nc3n(C4CCCCC4)c(C)c[n+]32)N(C)C1=O. The summed E-state index contributed by atoms with van der Waals surface area (Å²) in [5.74, 6) is 1.14. The molecule has 1 aromatic rings. The van der Waals surface area contributed by atoms with E-state index in [1.165, 1.54) is 29.1 Å². The van der Waals surface area contributed by atoms with Gasteiger partial charge in [0.05, 0.1) is 6.04 Å². The molecule has 3 amide bonds. The van der Waals surface area contributed by atoms with Crippen molar-refractivity contribution in [3.63, 3.8) is 0 Å². The van der Waals surface area contributed by atoms with E-state index in [1.807, 2.05) is 29.8 Å². The van der Waals surface area contributed by atoms with E-state index in [9.17, 15) is 9.59 Å². The van der Waals surface area contributed by atoms with Crippen LogP contribution in [0, 0.1) is 6.92 Å². The number of likely N-dealkylation sites (N-methyl/N-ethyl adjacent to an activating group) is 1. The largest absolute Gasteiger partial charge is 0.402 e. The molecular weight excluding hydrogens is 330 g/mol. The van der Waals surface area contributed by atoms with E-state index in [1.54, 1.807) is 7.05 Å². The average Bonchev–Trinajstić information content (AvgIpc) is 3.15. The molecule has 0 radical (unpaired) electrons. The molecule has 1 unspecified atom stereocenters. The Morgan fingerprint density at radius 1 is 1.27 bits per heavy atom. The van der Waals surface area contributed by atoms with Gasteiger partial charge in [0.25, 0.3) is 5.91 Å². The zero-order valence-corrected chi connectivity index (χ0v) is 15.7. The minimum Gasteiger partial charge on any atom is -0.270 e. The smallest absolute Gasteiger partial charge is 0.270 e. The molecule has 2 aliphatic heterocycles. The highest BCUT2D eigenvalue weighted by Gasteiger charge is 2.53. The molecule has 0 spiro atoms. The van der Waals surface area contributed by atoms with E-state index in [0.717, 1.165) is 24.5 Å². The lowest BCUT2D eigenvalue weighted by Crippen LogP contribution is -2.62. The van der Waals surface area contributed by atoms with Gasteiger partial charge < -0.3 is 0 Å². The Morgan fingerprint density at radius 3 is 2.69 bits per heavy atom. The van der Waals surface area contributed by atoms with Crippen LogP contribution in [0.3, 0.4) is 0 Å². The van der Waals surface area contributed by atoms with Crippen LogP contribution in [-0.4, -0.2) is 45.7 Å².